The Labute approximate surface area is 335 Å². The van der Waals surface area contributed by atoms with Crippen LogP contribution < -0.4 is 5.11 Å². The Hall–Kier alpha value is -5.75. The molecule has 6 nitrogen and oxygen atoms in total. The van der Waals surface area contributed by atoms with Crippen LogP contribution in [0.3, 0.4) is 0 Å². The van der Waals surface area contributed by atoms with Crippen molar-refractivity contribution in [2.75, 3.05) is 0 Å². The summed E-state index contributed by atoms with van der Waals surface area (Å²) in [6.45, 7) is 5.26. The van der Waals surface area contributed by atoms with Gasteiger partial charge in [-0.1, -0.05) is 159 Å². The zero-order valence-electron chi connectivity index (χ0n) is 31.4. The van der Waals surface area contributed by atoms with Crippen molar-refractivity contribution in [1.82, 2.24) is 0 Å². The number of phenols is 2. The van der Waals surface area contributed by atoms with Gasteiger partial charge in [0.15, 0.2) is 0 Å². The van der Waals surface area contributed by atoms with Gasteiger partial charge >= 0.3 is 0 Å². The number of hydrogen-bond acceptors (Lipinski definition) is 6. The summed E-state index contributed by atoms with van der Waals surface area (Å²) < 4.78 is 0. The van der Waals surface area contributed by atoms with Crippen molar-refractivity contribution in [2.24, 2.45) is 9.98 Å². The number of para-hydroxylation sites is 2. The molecule has 0 aliphatic heterocycles. The Kier molecular flexibility index (Phi) is 16.2. The number of carbonyl (C=O) groups excluding carboxylic acids is 1. The van der Waals surface area contributed by atoms with E-state index in [9.17, 15) is 10.2 Å². The molecule has 0 aliphatic carbocycles. The predicted octanol–water partition coefficient (Wildman–Crippen LogP) is 9.96. The number of rotatable bonds is 13. The number of nitrogens with zero attached hydrogens (tertiary/aromatic N) is 2. The minimum Gasteiger partial charge on any atom is -0.550 e. The second-order valence-electron chi connectivity index (χ2n) is 13.1. The number of phenolic OH excluding ortho intramolecular Hbond substituents is 2. The van der Waals surface area contributed by atoms with E-state index in [4.69, 9.17) is 19.9 Å². The van der Waals surface area contributed by atoms with Crippen LogP contribution in [0.4, 0.5) is 0 Å². The number of carboxylic acid groups (broad SMARTS) is 1. The van der Waals surface area contributed by atoms with E-state index in [-0.39, 0.29) is 40.4 Å². The van der Waals surface area contributed by atoms with Crippen molar-refractivity contribution >= 4 is 18.4 Å². The van der Waals surface area contributed by atoms with Gasteiger partial charge < -0.3 is 20.1 Å². The molecule has 0 fully saturated rings. The number of aliphatic carboxylic acids is 1. The molecule has 0 bridgehead atoms. The van der Waals surface area contributed by atoms with Crippen LogP contribution in [-0.2, 0) is 21.9 Å². The van der Waals surface area contributed by atoms with Crippen LogP contribution in [0, 0.1) is 0 Å². The van der Waals surface area contributed by atoms with Gasteiger partial charge in [0.1, 0.15) is 23.6 Å². The van der Waals surface area contributed by atoms with Crippen LogP contribution in [0.15, 0.2) is 168 Å². The zero-order valence-corrected chi connectivity index (χ0v) is 32.6. The Balaban J connectivity index is 0.00000128. The smallest absolute Gasteiger partial charge is 0.128 e. The van der Waals surface area contributed by atoms with E-state index in [2.05, 4.69) is 62.4 Å². The van der Waals surface area contributed by atoms with Crippen molar-refractivity contribution in [1.29, 1.82) is 0 Å². The Morgan fingerprint density at radius 1 is 0.527 bits per heavy atom. The van der Waals surface area contributed by atoms with Crippen molar-refractivity contribution < 1.29 is 37.2 Å². The SMILES string of the molecule is CC(=O)[O-].CCC(c1ccccc1)c1cccc(C=N[C@@H](c2ccccc2)[C@@H](N=Cc2cccc(C(CC)c3ccccc3)c2O)c2ccccc2)c1O.[Mn]. The van der Waals surface area contributed by atoms with Gasteiger partial charge in [-0.15, -0.1) is 0 Å². The van der Waals surface area contributed by atoms with E-state index >= 15 is 0 Å². The molecule has 55 heavy (non-hydrogen) atoms. The maximum Gasteiger partial charge on any atom is 0.128 e. The molecule has 0 spiro atoms. The summed E-state index contributed by atoms with van der Waals surface area (Å²) in [5.41, 5.74) is 7.41. The van der Waals surface area contributed by atoms with Gasteiger partial charge in [-0.05, 0) is 54.2 Å². The molecule has 6 aromatic carbocycles. The molecule has 2 unspecified atom stereocenters. The monoisotopic (exact) mass is 770 g/mol. The maximum absolute atomic E-state index is 11.6. The Morgan fingerprint density at radius 2 is 0.818 bits per heavy atom. The van der Waals surface area contributed by atoms with Gasteiger partial charge in [0, 0.05) is 69.6 Å². The molecule has 1 radical (unpaired) electrons. The normalized spacial score (nSPS) is 13.2. The molecule has 0 amide bonds. The van der Waals surface area contributed by atoms with Gasteiger partial charge in [-0.25, -0.2) is 0 Å². The van der Waals surface area contributed by atoms with Crippen molar-refractivity contribution in [2.45, 2.75) is 57.5 Å². The van der Waals surface area contributed by atoms with E-state index in [1.54, 1.807) is 12.4 Å². The standard InChI is InChI=1S/C46H44N2O2.C2H4O2.Mn/c1-3-39(33-19-9-5-10-20-33)41-29-17-27-37(45(41)49)31-47-43(35-23-13-7-14-24-35)44(36-25-15-8-16-26-36)48-32-38-28-18-30-42(46(38)50)40(4-2)34-21-11-6-12-22-34;1-2(3)4;/h5-32,39-40,43-44,49-50H,3-4H2,1-2H3;1H3,(H,3,4);/p-1/t39?,40?,43-,44-;;/m0../s1. The second-order valence-corrected chi connectivity index (χ2v) is 13.1. The summed E-state index contributed by atoms with van der Waals surface area (Å²) in [5.74, 6) is -0.476. The van der Waals surface area contributed by atoms with Gasteiger partial charge in [0.2, 0.25) is 0 Å². The number of aromatic hydroxyl groups is 2. The Morgan fingerprint density at radius 3 is 1.11 bits per heavy atom. The molecule has 0 aromatic heterocycles. The topological polar surface area (TPSA) is 105 Å². The quantitative estimate of drug-likeness (QED) is 0.0901. The number of carboxylic acids is 1. The first-order valence-electron chi connectivity index (χ1n) is 18.4. The van der Waals surface area contributed by atoms with E-state index in [0.717, 1.165) is 42.0 Å². The van der Waals surface area contributed by atoms with Crippen LogP contribution in [0.5, 0.6) is 11.5 Å². The number of carbonyl (C=O) groups is 1. The molecule has 7 heteroatoms. The molecule has 0 aliphatic rings. The largest absolute Gasteiger partial charge is 0.550 e. The fourth-order valence-corrected chi connectivity index (χ4v) is 6.89. The van der Waals surface area contributed by atoms with Gasteiger partial charge in [0.05, 0.1) is 0 Å². The molecule has 4 atom stereocenters. The van der Waals surface area contributed by atoms with E-state index in [1.165, 1.54) is 11.1 Å². The van der Waals surface area contributed by atoms with Crippen LogP contribution >= 0.6 is 0 Å². The average molecular weight is 771 g/mol. The first-order chi connectivity index (χ1) is 26.3. The molecule has 0 saturated heterocycles. The van der Waals surface area contributed by atoms with Crippen LogP contribution in [-0.4, -0.2) is 28.6 Å². The van der Waals surface area contributed by atoms with Crippen LogP contribution in [0.2, 0.25) is 0 Å². The first-order valence-corrected chi connectivity index (χ1v) is 18.4. The van der Waals surface area contributed by atoms with Gasteiger partial charge in [-0.3, -0.25) is 9.98 Å². The molecule has 6 rings (SSSR count). The zero-order chi connectivity index (χ0) is 38.3. The minimum absolute atomic E-state index is 0. The molecule has 0 heterocycles. The fraction of sp³-hybridized carbons (Fsp3) is 0.188. The van der Waals surface area contributed by atoms with E-state index in [1.807, 2.05) is 109 Å². The summed E-state index contributed by atoms with van der Waals surface area (Å²) in [6.07, 6.45) is 5.27. The van der Waals surface area contributed by atoms with Crippen LogP contribution in [0.1, 0.15) is 102 Å². The number of hydrogen-bond donors (Lipinski definition) is 2. The molecule has 0 saturated carbocycles. The van der Waals surface area contributed by atoms with Gasteiger partial charge in [0.25, 0.3) is 0 Å². The third-order valence-corrected chi connectivity index (χ3v) is 9.50. The molecule has 281 valence electrons. The third kappa shape index (κ3) is 11.1. The minimum atomic E-state index is -1.08. The number of benzene rings is 6. The molecule has 6 aromatic rings. The third-order valence-electron chi connectivity index (χ3n) is 9.50. The molecular weight excluding hydrogens is 723 g/mol. The van der Waals surface area contributed by atoms with Gasteiger partial charge in [-0.2, -0.15) is 0 Å². The summed E-state index contributed by atoms with van der Waals surface area (Å²) in [7, 11) is 0. The van der Waals surface area contributed by atoms with Crippen LogP contribution in [0.25, 0.3) is 0 Å². The fourth-order valence-electron chi connectivity index (χ4n) is 6.89. The predicted molar refractivity (Wildman–Crippen MR) is 218 cm³/mol. The molecule has 2 N–H and O–H groups in total. The summed E-state index contributed by atoms with van der Waals surface area (Å²) in [4.78, 5) is 19.2. The van der Waals surface area contributed by atoms with Crippen molar-refractivity contribution in [3.8, 4) is 11.5 Å². The summed E-state index contributed by atoms with van der Waals surface area (Å²) in [6, 6.07) is 51.9. The first kappa shape index (κ1) is 42.0. The summed E-state index contributed by atoms with van der Waals surface area (Å²) in [5, 5.41) is 32.1. The maximum atomic E-state index is 11.6. The number of aliphatic imine (C=N–C) groups is 2. The Bertz CT molecular complexity index is 1970. The second kappa shape index (κ2) is 21.2. The van der Waals surface area contributed by atoms with Crippen molar-refractivity contribution in [3.63, 3.8) is 0 Å². The van der Waals surface area contributed by atoms with E-state index in [0.29, 0.717) is 11.1 Å². The summed E-state index contributed by atoms with van der Waals surface area (Å²) >= 11 is 0. The molecular formula is C48H47MnN2O4-. The van der Waals surface area contributed by atoms with E-state index < -0.39 is 18.1 Å². The average Bonchev–Trinajstić information content (AvgIpc) is 3.20. The van der Waals surface area contributed by atoms with Crippen molar-refractivity contribution in [3.05, 3.63) is 202 Å².